The van der Waals surface area contributed by atoms with Crippen LogP contribution >= 0.6 is 11.3 Å². The van der Waals surface area contributed by atoms with Gasteiger partial charge in [0, 0.05) is 23.1 Å². The fraction of sp³-hybridized carbons (Fsp3) is 0.222. The van der Waals surface area contributed by atoms with E-state index in [1.54, 1.807) is 11.3 Å². The van der Waals surface area contributed by atoms with Crippen LogP contribution in [0.4, 0.5) is 10.9 Å². The van der Waals surface area contributed by atoms with Crippen molar-refractivity contribution in [2.45, 2.75) is 27.2 Å². The van der Waals surface area contributed by atoms with Gasteiger partial charge in [-0.05, 0) is 38.0 Å². The Bertz CT molecular complexity index is 764. The number of nitrogens with zero attached hydrogens (tertiary/aromatic N) is 2. The van der Waals surface area contributed by atoms with Gasteiger partial charge < -0.3 is 5.32 Å². The lowest BCUT2D eigenvalue weighted by atomic mass is 10.1. The third kappa shape index (κ3) is 2.88. The summed E-state index contributed by atoms with van der Waals surface area (Å²) in [6.45, 7) is 6.13. The molecule has 112 valence electrons. The number of nitrogens with one attached hydrogen (secondary N) is 1. The van der Waals surface area contributed by atoms with Crippen molar-refractivity contribution < 1.29 is 0 Å². The van der Waals surface area contributed by atoms with Crippen LogP contribution in [-0.4, -0.2) is 9.97 Å². The molecule has 0 amide bonds. The fourth-order valence-corrected chi connectivity index (χ4v) is 3.52. The zero-order valence-electron chi connectivity index (χ0n) is 13.1. The van der Waals surface area contributed by atoms with Crippen LogP contribution in [0.25, 0.3) is 5.57 Å². The molecule has 22 heavy (non-hydrogen) atoms. The van der Waals surface area contributed by atoms with Gasteiger partial charge in [0.2, 0.25) is 0 Å². The summed E-state index contributed by atoms with van der Waals surface area (Å²) in [7, 11) is 0. The zero-order chi connectivity index (χ0) is 15.5. The fourth-order valence-electron chi connectivity index (χ4n) is 2.51. The van der Waals surface area contributed by atoms with Crippen molar-refractivity contribution >= 4 is 27.9 Å². The molecular formula is C18H19N3S. The van der Waals surface area contributed by atoms with E-state index in [0.717, 1.165) is 28.6 Å². The maximum absolute atomic E-state index is 4.77. The lowest BCUT2D eigenvalue weighted by Crippen LogP contribution is -1.93. The predicted octanol–water partition coefficient (Wildman–Crippen LogP) is 5.05. The van der Waals surface area contributed by atoms with Gasteiger partial charge in [0.25, 0.3) is 0 Å². The number of aromatic nitrogens is 2. The Morgan fingerprint density at radius 2 is 2.00 bits per heavy atom. The molecule has 3 nitrogen and oxygen atoms in total. The second kappa shape index (κ2) is 6.28. The lowest BCUT2D eigenvalue weighted by molar-refractivity contribution is 1.24. The number of rotatable bonds is 4. The molecule has 0 aromatic carbocycles. The summed E-state index contributed by atoms with van der Waals surface area (Å²) in [5, 5.41) is 4.21. The minimum absolute atomic E-state index is 0.836. The average molecular weight is 309 g/mol. The van der Waals surface area contributed by atoms with E-state index < -0.39 is 0 Å². The molecule has 0 spiro atoms. The number of fused-ring (bicyclic) bond motifs is 1. The van der Waals surface area contributed by atoms with E-state index in [2.05, 4.69) is 41.5 Å². The Labute approximate surface area is 135 Å². The Morgan fingerprint density at radius 1 is 1.18 bits per heavy atom. The quantitative estimate of drug-likeness (QED) is 0.858. The molecule has 0 atom stereocenters. The van der Waals surface area contributed by atoms with Crippen LogP contribution in [0.5, 0.6) is 0 Å². The third-order valence-electron chi connectivity index (χ3n) is 3.50. The molecule has 0 fully saturated rings. The van der Waals surface area contributed by atoms with Gasteiger partial charge in [-0.2, -0.15) is 0 Å². The largest absolute Gasteiger partial charge is 0.316 e. The van der Waals surface area contributed by atoms with E-state index in [1.807, 2.05) is 32.2 Å². The van der Waals surface area contributed by atoms with Crippen LogP contribution in [0.3, 0.4) is 0 Å². The lowest BCUT2D eigenvalue weighted by Gasteiger charge is -2.02. The first-order chi connectivity index (χ1) is 10.7. The molecule has 2 heterocycles. The van der Waals surface area contributed by atoms with E-state index in [4.69, 9.17) is 4.98 Å². The molecule has 0 saturated heterocycles. The SMILES string of the molecule is C/C=C\C1=C(/C=C\C)c2nc(Nc3ccc(C)cn3)sc2C1. The van der Waals surface area contributed by atoms with Crippen molar-refractivity contribution in [2.24, 2.45) is 0 Å². The van der Waals surface area contributed by atoms with Gasteiger partial charge in [-0.1, -0.05) is 30.4 Å². The maximum atomic E-state index is 4.77. The minimum atomic E-state index is 0.836. The number of anilines is 2. The van der Waals surface area contributed by atoms with E-state index in [1.165, 1.54) is 16.0 Å². The van der Waals surface area contributed by atoms with Gasteiger partial charge in [0.15, 0.2) is 5.13 Å². The van der Waals surface area contributed by atoms with Gasteiger partial charge in [-0.15, -0.1) is 11.3 Å². The molecule has 0 unspecified atom stereocenters. The van der Waals surface area contributed by atoms with E-state index >= 15 is 0 Å². The standard InChI is InChI=1S/C18H19N3S/c1-4-6-13-10-15-17(14(13)7-5-2)21-18(22-15)20-16-9-8-12(3)11-19-16/h4-9,11H,10H2,1-3H3,(H,19,20,21)/b6-4-,7-5-. The second-order valence-corrected chi connectivity index (χ2v) is 6.34. The van der Waals surface area contributed by atoms with Crippen molar-refractivity contribution in [3.63, 3.8) is 0 Å². The smallest absolute Gasteiger partial charge is 0.189 e. The van der Waals surface area contributed by atoms with Gasteiger partial charge in [0.05, 0.1) is 5.69 Å². The van der Waals surface area contributed by atoms with Crippen LogP contribution in [0, 0.1) is 6.92 Å². The average Bonchev–Trinajstić information content (AvgIpc) is 3.01. The Balaban J connectivity index is 1.89. The first-order valence-electron chi connectivity index (χ1n) is 7.39. The predicted molar refractivity (Wildman–Crippen MR) is 94.6 cm³/mol. The van der Waals surface area contributed by atoms with Crippen molar-refractivity contribution in [2.75, 3.05) is 5.32 Å². The Hall–Kier alpha value is -2.20. The molecule has 3 rings (SSSR count). The molecule has 1 aliphatic carbocycles. The van der Waals surface area contributed by atoms with Gasteiger partial charge >= 0.3 is 0 Å². The molecule has 0 saturated carbocycles. The monoisotopic (exact) mass is 309 g/mol. The highest BCUT2D eigenvalue weighted by molar-refractivity contribution is 7.16. The van der Waals surface area contributed by atoms with Crippen molar-refractivity contribution in [1.29, 1.82) is 0 Å². The molecule has 0 radical (unpaired) electrons. The van der Waals surface area contributed by atoms with E-state index in [9.17, 15) is 0 Å². The summed E-state index contributed by atoms with van der Waals surface area (Å²) in [5.41, 5.74) is 4.83. The van der Waals surface area contributed by atoms with Crippen LogP contribution in [0.2, 0.25) is 0 Å². The van der Waals surface area contributed by atoms with Gasteiger partial charge in [-0.25, -0.2) is 9.97 Å². The number of aryl methyl sites for hydroxylation is 1. The summed E-state index contributed by atoms with van der Waals surface area (Å²) in [6.07, 6.45) is 11.3. The highest BCUT2D eigenvalue weighted by atomic mass is 32.1. The summed E-state index contributed by atoms with van der Waals surface area (Å²) in [5.74, 6) is 0.836. The van der Waals surface area contributed by atoms with Crippen LogP contribution in [0.15, 0.2) is 48.2 Å². The first-order valence-corrected chi connectivity index (χ1v) is 8.21. The minimum Gasteiger partial charge on any atom is -0.316 e. The van der Waals surface area contributed by atoms with Crippen LogP contribution in [-0.2, 0) is 6.42 Å². The molecule has 2 aromatic heterocycles. The normalized spacial score (nSPS) is 14.3. The summed E-state index contributed by atoms with van der Waals surface area (Å²) in [4.78, 5) is 10.5. The van der Waals surface area contributed by atoms with E-state index in [0.29, 0.717) is 0 Å². The Morgan fingerprint density at radius 3 is 2.68 bits per heavy atom. The summed E-state index contributed by atoms with van der Waals surface area (Å²) < 4.78 is 0. The summed E-state index contributed by atoms with van der Waals surface area (Å²) >= 11 is 1.71. The highest BCUT2D eigenvalue weighted by Crippen LogP contribution is 2.39. The molecule has 0 aliphatic heterocycles. The van der Waals surface area contributed by atoms with E-state index in [-0.39, 0.29) is 0 Å². The molecule has 1 aliphatic rings. The molecule has 0 bridgehead atoms. The van der Waals surface area contributed by atoms with Crippen molar-refractivity contribution in [1.82, 2.24) is 9.97 Å². The van der Waals surface area contributed by atoms with Crippen LogP contribution in [0.1, 0.15) is 30.0 Å². The first kappa shape index (κ1) is 14.7. The number of pyridine rings is 1. The highest BCUT2D eigenvalue weighted by Gasteiger charge is 2.23. The zero-order valence-corrected chi connectivity index (χ0v) is 13.9. The third-order valence-corrected chi connectivity index (χ3v) is 4.47. The maximum Gasteiger partial charge on any atom is 0.189 e. The van der Waals surface area contributed by atoms with Crippen molar-refractivity contribution in [3.05, 3.63) is 64.3 Å². The van der Waals surface area contributed by atoms with Crippen LogP contribution < -0.4 is 5.32 Å². The van der Waals surface area contributed by atoms with Crippen molar-refractivity contribution in [3.8, 4) is 0 Å². The topological polar surface area (TPSA) is 37.8 Å². The molecule has 2 aromatic rings. The van der Waals surface area contributed by atoms with Gasteiger partial charge in [0.1, 0.15) is 5.82 Å². The van der Waals surface area contributed by atoms with Gasteiger partial charge in [-0.3, -0.25) is 0 Å². The molecule has 1 N–H and O–H groups in total. The molecule has 4 heteroatoms. The number of thiazole rings is 1. The number of hydrogen-bond donors (Lipinski definition) is 1. The summed E-state index contributed by atoms with van der Waals surface area (Å²) in [6, 6.07) is 4.03. The number of hydrogen-bond acceptors (Lipinski definition) is 4. The number of allylic oxidation sites excluding steroid dienone is 6. The molecular weight excluding hydrogens is 290 g/mol. The second-order valence-electron chi connectivity index (χ2n) is 5.25. The Kier molecular flexibility index (Phi) is 4.20.